The highest BCUT2D eigenvalue weighted by Crippen LogP contribution is 2.23. The van der Waals surface area contributed by atoms with Crippen molar-refractivity contribution in [3.05, 3.63) is 48.9 Å². The van der Waals surface area contributed by atoms with Crippen molar-refractivity contribution in [3.63, 3.8) is 0 Å². The van der Waals surface area contributed by atoms with Gasteiger partial charge in [-0.2, -0.15) is 9.50 Å². The third-order valence-corrected chi connectivity index (χ3v) is 6.52. The summed E-state index contributed by atoms with van der Waals surface area (Å²) in [5.41, 5.74) is 8.28. The summed E-state index contributed by atoms with van der Waals surface area (Å²) in [6.45, 7) is 3.99. The third-order valence-electron chi connectivity index (χ3n) is 6.52. The van der Waals surface area contributed by atoms with E-state index in [1.54, 1.807) is 30.2 Å². The van der Waals surface area contributed by atoms with Crippen molar-refractivity contribution in [2.24, 2.45) is 0 Å². The van der Waals surface area contributed by atoms with Gasteiger partial charge in [0.15, 0.2) is 11.4 Å². The maximum absolute atomic E-state index is 13.1. The van der Waals surface area contributed by atoms with E-state index >= 15 is 0 Å². The number of nitrogens with one attached hydrogen (secondary N) is 1. The minimum Gasteiger partial charge on any atom is -0.491 e. The molecular formula is C25H28N9O4+. The predicted octanol–water partition coefficient (Wildman–Crippen LogP) is 1.11. The Morgan fingerprint density at radius 3 is 2.68 bits per heavy atom. The molecule has 0 spiro atoms. The molecule has 0 unspecified atom stereocenters. The molecule has 38 heavy (non-hydrogen) atoms. The summed E-state index contributed by atoms with van der Waals surface area (Å²) >= 11 is 0. The van der Waals surface area contributed by atoms with Crippen molar-refractivity contribution >= 4 is 34.2 Å². The lowest BCUT2D eigenvalue weighted by atomic mass is 10.2. The lowest BCUT2D eigenvalue weighted by Gasteiger charge is -2.35. The molecule has 1 fully saturated rings. The molecule has 13 heteroatoms. The van der Waals surface area contributed by atoms with Crippen LogP contribution in [0.15, 0.2) is 53.3 Å². The molecule has 5 heterocycles. The van der Waals surface area contributed by atoms with E-state index in [1.807, 2.05) is 35.4 Å². The molecular weight excluding hydrogens is 490 g/mol. The van der Waals surface area contributed by atoms with E-state index in [0.717, 1.165) is 24.5 Å². The van der Waals surface area contributed by atoms with Crippen LogP contribution in [0, 0.1) is 0 Å². The van der Waals surface area contributed by atoms with Gasteiger partial charge in [-0.15, -0.1) is 14.9 Å². The Bertz CT molecular complexity index is 1550. The number of H-pyrrole nitrogens is 1. The van der Waals surface area contributed by atoms with Crippen LogP contribution < -0.4 is 20.1 Å². The number of benzene rings is 1. The fraction of sp³-hybridized carbons (Fsp3) is 0.320. The van der Waals surface area contributed by atoms with Gasteiger partial charge in [-0.3, -0.25) is 4.79 Å². The molecule has 3 N–H and O–H groups in total. The summed E-state index contributed by atoms with van der Waals surface area (Å²) in [6, 6.07) is 11.5. The summed E-state index contributed by atoms with van der Waals surface area (Å²) in [4.78, 5) is 26.2. The number of ether oxygens (including phenoxy) is 2. The smallest absolute Gasteiger partial charge is 0.291 e. The van der Waals surface area contributed by atoms with E-state index in [9.17, 15) is 4.79 Å². The second kappa shape index (κ2) is 10.0. The minimum absolute atomic E-state index is 0.0184. The Morgan fingerprint density at radius 2 is 1.95 bits per heavy atom. The normalized spacial score (nSPS) is 14.0. The topological polar surface area (TPSA) is 144 Å². The zero-order valence-corrected chi connectivity index (χ0v) is 20.9. The molecule has 4 aromatic heterocycles. The maximum Gasteiger partial charge on any atom is 0.291 e. The molecule has 0 bridgehead atoms. The number of nitrogen functional groups attached to an aromatic ring is 1. The van der Waals surface area contributed by atoms with Crippen molar-refractivity contribution in [2.45, 2.75) is 6.54 Å². The number of carbonyl (C=O) groups excluding carboxylic acids is 1. The van der Waals surface area contributed by atoms with Crippen molar-refractivity contribution < 1.29 is 23.4 Å². The zero-order valence-electron chi connectivity index (χ0n) is 20.9. The second-order valence-electron chi connectivity index (χ2n) is 8.95. The highest BCUT2D eigenvalue weighted by molar-refractivity contribution is 5.89. The van der Waals surface area contributed by atoms with E-state index in [1.165, 1.54) is 4.52 Å². The molecule has 1 aliphatic heterocycles. The van der Waals surface area contributed by atoms with Crippen LogP contribution in [0.3, 0.4) is 0 Å². The molecule has 1 saturated heterocycles. The number of furan rings is 1. The average molecular weight is 519 g/mol. The Labute approximate surface area is 217 Å². The van der Waals surface area contributed by atoms with Crippen LogP contribution in [0.25, 0.3) is 28.3 Å². The van der Waals surface area contributed by atoms with Crippen molar-refractivity contribution in [3.8, 4) is 17.3 Å². The van der Waals surface area contributed by atoms with E-state index < -0.39 is 0 Å². The highest BCUT2D eigenvalue weighted by atomic mass is 16.5. The Hall–Kier alpha value is -4.65. The molecule has 1 aromatic carbocycles. The Morgan fingerprint density at radius 1 is 1.13 bits per heavy atom. The van der Waals surface area contributed by atoms with Gasteiger partial charge in [-0.05, 0) is 36.4 Å². The first-order valence-corrected chi connectivity index (χ1v) is 12.3. The average Bonchev–Trinajstić information content (AvgIpc) is 3.69. The molecule has 0 saturated carbocycles. The fourth-order valence-electron chi connectivity index (χ4n) is 4.55. The molecule has 0 aliphatic carbocycles. The summed E-state index contributed by atoms with van der Waals surface area (Å²) < 4.78 is 19.2. The third kappa shape index (κ3) is 4.59. The van der Waals surface area contributed by atoms with E-state index in [0.29, 0.717) is 54.6 Å². The van der Waals surface area contributed by atoms with E-state index in [4.69, 9.17) is 19.6 Å². The standard InChI is InChI=1S/C25H27N9O4/c1-36-13-14-37-18-6-4-17(5-7-18)31-8-10-32(11-9-31)21(35)16-33-15-19-22(29-33)28-25(26)34-24(19)27-23(30-34)20-3-2-12-38-20/h2-7,12,15H,8-11,13-14,16H2,1H3,(H2,26,28,29)/p+1. The van der Waals surface area contributed by atoms with Crippen molar-refractivity contribution in [1.29, 1.82) is 0 Å². The van der Waals surface area contributed by atoms with Crippen LogP contribution in [-0.2, 0) is 16.1 Å². The van der Waals surface area contributed by atoms with Crippen LogP contribution in [-0.4, -0.2) is 82.0 Å². The number of piperazine rings is 1. The number of nitrogens with zero attached hydrogens (tertiary/aromatic N) is 7. The van der Waals surface area contributed by atoms with Gasteiger partial charge in [0.1, 0.15) is 17.7 Å². The van der Waals surface area contributed by atoms with Gasteiger partial charge in [0.2, 0.25) is 30.2 Å². The molecule has 5 aromatic rings. The van der Waals surface area contributed by atoms with Gasteiger partial charge in [-0.25, -0.2) is 4.98 Å². The number of hydrogen-bond donors (Lipinski definition) is 2. The zero-order chi connectivity index (χ0) is 26.1. The summed E-state index contributed by atoms with van der Waals surface area (Å²) in [7, 11) is 1.65. The monoisotopic (exact) mass is 518 g/mol. The number of anilines is 2. The van der Waals surface area contributed by atoms with Gasteiger partial charge in [0, 0.05) is 39.0 Å². The number of carbonyl (C=O) groups is 1. The lowest BCUT2D eigenvalue weighted by molar-refractivity contribution is -0.737. The molecule has 6 rings (SSSR count). The van der Waals surface area contributed by atoms with Crippen molar-refractivity contribution in [1.82, 2.24) is 29.6 Å². The maximum atomic E-state index is 13.1. The minimum atomic E-state index is 0.0184. The number of methoxy groups -OCH3 is 1. The molecule has 196 valence electrons. The lowest BCUT2D eigenvalue weighted by Crippen LogP contribution is -2.53. The Kier molecular flexibility index (Phi) is 6.25. The SMILES string of the molecule is COCCOc1ccc(N2CCN(C(=O)C[n+]3cc4c(nc(N)n5nc(-c6ccco6)nc45)[nH]3)CC2)cc1. The molecule has 0 atom stereocenters. The Balaban J connectivity index is 1.11. The van der Waals surface area contributed by atoms with Gasteiger partial charge in [-0.1, -0.05) is 0 Å². The van der Waals surface area contributed by atoms with Crippen LogP contribution >= 0.6 is 0 Å². The largest absolute Gasteiger partial charge is 0.491 e. The predicted molar refractivity (Wildman–Crippen MR) is 138 cm³/mol. The van der Waals surface area contributed by atoms with Crippen molar-refractivity contribution in [2.75, 3.05) is 57.1 Å². The van der Waals surface area contributed by atoms with E-state index in [2.05, 4.69) is 25.1 Å². The van der Waals surface area contributed by atoms with Gasteiger partial charge in [0.25, 0.3) is 5.91 Å². The first-order chi connectivity index (χ1) is 18.6. The number of hydrogen-bond acceptors (Lipinski definition) is 9. The number of rotatable bonds is 8. The first kappa shape index (κ1) is 23.7. The second-order valence-corrected chi connectivity index (χ2v) is 8.95. The summed E-state index contributed by atoms with van der Waals surface area (Å²) in [5, 5.41) is 8.26. The van der Waals surface area contributed by atoms with Crippen LogP contribution in [0.5, 0.6) is 5.75 Å². The van der Waals surface area contributed by atoms with Crippen LogP contribution in [0.1, 0.15) is 0 Å². The fourth-order valence-corrected chi connectivity index (χ4v) is 4.55. The van der Waals surface area contributed by atoms with Gasteiger partial charge >= 0.3 is 0 Å². The number of aromatic amines is 1. The summed E-state index contributed by atoms with van der Waals surface area (Å²) in [6.07, 6.45) is 3.37. The number of nitrogens with two attached hydrogens (primary N) is 1. The number of fused-ring (bicyclic) bond motifs is 3. The van der Waals surface area contributed by atoms with Crippen LogP contribution in [0.4, 0.5) is 11.6 Å². The quantitative estimate of drug-likeness (QED) is 0.228. The highest BCUT2D eigenvalue weighted by Gasteiger charge is 2.26. The number of amides is 1. The molecule has 1 aliphatic rings. The van der Waals surface area contributed by atoms with Gasteiger partial charge in [0.05, 0.1) is 12.9 Å². The summed E-state index contributed by atoms with van der Waals surface area (Å²) in [5.74, 6) is 1.96. The van der Waals surface area contributed by atoms with Crippen LogP contribution in [0.2, 0.25) is 0 Å². The first-order valence-electron chi connectivity index (χ1n) is 12.3. The molecule has 0 radical (unpaired) electrons. The van der Waals surface area contributed by atoms with E-state index in [-0.39, 0.29) is 18.4 Å². The van der Waals surface area contributed by atoms with Gasteiger partial charge < -0.3 is 29.4 Å². The molecule has 1 amide bonds. The number of aromatic nitrogens is 6. The molecule has 13 nitrogen and oxygen atoms in total.